The third-order valence-corrected chi connectivity index (χ3v) is 5.99. The molecule has 0 aliphatic carbocycles. The Morgan fingerprint density at radius 2 is 1.90 bits per heavy atom. The van der Waals surface area contributed by atoms with Crippen LogP contribution in [0.1, 0.15) is 28.0 Å². The van der Waals surface area contributed by atoms with Crippen LogP contribution in [-0.4, -0.2) is 25.5 Å². The second kappa shape index (κ2) is 7.81. The Hall–Kier alpha value is -3.78. The number of para-hydroxylation sites is 2. The van der Waals surface area contributed by atoms with Crippen LogP contribution in [0, 0.1) is 6.92 Å². The number of ether oxygens (including phenoxy) is 1. The van der Waals surface area contributed by atoms with Crippen LogP contribution in [0.2, 0.25) is 0 Å². The second-order valence-corrected chi connectivity index (χ2v) is 7.96. The summed E-state index contributed by atoms with van der Waals surface area (Å²) in [5, 5.41) is 13.4. The van der Waals surface area contributed by atoms with Crippen LogP contribution in [0.4, 0.5) is 5.69 Å². The number of thiophene rings is 1. The molecule has 1 amide bonds. The lowest BCUT2D eigenvalue weighted by atomic mass is 10.2. The van der Waals surface area contributed by atoms with Gasteiger partial charge in [0.15, 0.2) is 0 Å². The first-order valence-electron chi connectivity index (χ1n) is 9.90. The molecule has 0 saturated heterocycles. The van der Waals surface area contributed by atoms with Gasteiger partial charge in [0.25, 0.3) is 11.8 Å². The number of hydrogen-bond acceptors (Lipinski definition) is 6. The lowest BCUT2D eigenvalue weighted by Crippen LogP contribution is -2.11. The van der Waals surface area contributed by atoms with Gasteiger partial charge in [-0.1, -0.05) is 19.1 Å². The first-order valence-corrected chi connectivity index (χ1v) is 10.8. The van der Waals surface area contributed by atoms with E-state index in [1.165, 1.54) is 11.3 Å². The summed E-state index contributed by atoms with van der Waals surface area (Å²) in [6.45, 7) is 3.96. The minimum atomic E-state index is -0.116. The van der Waals surface area contributed by atoms with Crippen LogP contribution < -0.4 is 10.1 Å². The van der Waals surface area contributed by atoms with E-state index < -0.39 is 0 Å². The molecule has 8 heteroatoms. The number of aryl methyl sites for hydroxylation is 2. The molecule has 3 aromatic heterocycles. The van der Waals surface area contributed by atoms with E-state index in [2.05, 4.69) is 20.5 Å². The molecule has 1 N–H and O–H groups in total. The highest BCUT2D eigenvalue weighted by atomic mass is 32.1. The Balaban J connectivity index is 1.44. The molecule has 0 aliphatic heterocycles. The standard InChI is InChI=1S/C23H19N5O2S/c1-3-19-26-27-21-23(25-17-6-4-5-7-18(17)28(19)21)30-16-10-8-15(9-11-16)24-22(29)20-14(2)12-13-31-20/h4-13H,3H2,1-2H3,(H,24,29). The minimum absolute atomic E-state index is 0.116. The number of rotatable bonds is 5. The molecule has 154 valence electrons. The van der Waals surface area contributed by atoms with Crippen molar-refractivity contribution in [2.45, 2.75) is 20.3 Å². The fraction of sp³-hybridized carbons (Fsp3) is 0.130. The molecule has 0 atom stereocenters. The molecular formula is C23H19N5O2S. The molecule has 0 bridgehead atoms. The molecule has 31 heavy (non-hydrogen) atoms. The van der Waals surface area contributed by atoms with Gasteiger partial charge in [0, 0.05) is 12.1 Å². The predicted octanol–water partition coefficient (Wildman–Crippen LogP) is 5.25. The molecular weight excluding hydrogens is 410 g/mol. The van der Waals surface area contributed by atoms with E-state index in [0.29, 0.717) is 27.8 Å². The zero-order chi connectivity index (χ0) is 21.4. The van der Waals surface area contributed by atoms with Gasteiger partial charge in [-0.25, -0.2) is 4.98 Å². The fourth-order valence-corrected chi connectivity index (χ4v) is 4.24. The Morgan fingerprint density at radius 3 is 2.65 bits per heavy atom. The number of benzene rings is 2. The van der Waals surface area contributed by atoms with Crippen molar-refractivity contribution in [1.82, 2.24) is 19.6 Å². The van der Waals surface area contributed by atoms with Crippen LogP contribution >= 0.6 is 11.3 Å². The van der Waals surface area contributed by atoms with Gasteiger partial charge in [0.2, 0.25) is 5.65 Å². The number of carbonyl (C=O) groups is 1. The molecule has 0 saturated carbocycles. The summed E-state index contributed by atoms with van der Waals surface area (Å²) >= 11 is 1.43. The molecule has 0 radical (unpaired) electrons. The van der Waals surface area contributed by atoms with Crippen molar-refractivity contribution in [2.75, 3.05) is 5.32 Å². The summed E-state index contributed by atoms with van der Waals surface area (Å²) < 4.78 is 8.05. The van der Waals surface area contributed by atoms with Crippen LogP contribution in [-0.2, 0) is 6.42 Å². The van der Waals surface area contributed by atoms with Crippen molar-refractivity contribution in [3.05, 3.63) is 76.2 Å². The summed E-state index contributed by atoms with van der Waals surface area (Å²) in [6.07, 6.45) is 0.743. The Kier molecular flexibility index (Phi) is 4.83. The number of amides is 1. The highest BCUT2D eigenvalue weighted by Gasteiger charge is 2.16. The first kappa shape index (κ1) is 19.2. The van der Waals surface area contributed by atoms with Crippen molar-refractivity contribution in [1.29, 1.82) is 0 Å². The van der Waals surface area contributed by atoms with Crippen molar-refractivity contribution in [3.63, 3.8) is 0 Å². The summed E-state index contributed by atoms with van der Waals surface area (Å²) in [4.78, 5) is 17.8. The fourth-order valence-electron chi connectivity index (χ4n) is 3.42. The zero-order valence-corrected chi connectivity index (χ0v) is 17.8. The van der Waals surface area contributed by atoms with E-state index in [9.17, 15) is 4.79 Å². The van der Waals surface area contributed by atoms with Gasteiger partial charge in [-0.3, -0.25) is 9.20 Å². The number of hydrogen-bond donors (Lipinski definition) is 1. The number of nitrogens with one attached hydrogen (secondary N) is 1. The Bertz CT molecular complexity index is 1410. The maximum Gasteiger partial charge on any atom is 0.266 e. The molecule has 0 fully saturated rings. The van der Waals surface area contributed by atoms with Gasteiger partial charge in [0.05, 0.1) is 15.9 Å². The van der Waals surface area contributed by atoms with Crippen LogP contribution in [0.5, 0.6) is 11.6 Å². The van der Waals surface area contributed by atoms with E-state index in [1.807, 2.05) is 54.0 Å². The van der Waals surface area contributed by atoms with Gasteiger partial charge < -0.3 is 10.1 Å². The SMILES string of the molecule is CCc1nnc2c(Oc3ccc(NC(=O)c4sccc4C)cc3)nc3ccccc3n12. The highest BCUT2D eigenvalue weighted by molar-refractivity contribution is 7.12. The molecule has 5 aromatic rings. The van der Waals surface area contributed by atoms with Crippen LogP contribution in [0.3, 0.4) is 0 Å². The number of fused-ring (bicyclic) bond motifs is 3. The average molecular weight is 430 g/mol. The minimum Gasteiger partial charge on any atom is -0.436 e. The Labute approximate surface area is 182 Å². The van der Waals surface area contributed by atoms with Crippen LogP contribution in [0.15, 0.2) is 60.0 Å². The normalized spacial score (nSPS) is 11.2. The van der Waals surface area contributed by atoms with E-state index in [-0.39, 0.29) is 5.91 Å². The molecule has 5 rings (SSSR count). The van der Waals surface area contributed by atoms with E-state index in [4.69, 9.17) is 4.74 Å². The summed E-state index contributed by atoms with van der Waals surface area (Å²) in [6, 6.07) is 17.0. The van der Waals surface area contributed by atoms with Crippen molar-refractivity contribution >= 4 is 39.6 Å². The summed E-state index contributed by atoms with van der Waals surface area (Å²) in [5.41, 5.74) is 3.97. The lowest BCUT2D eigenvalue weighted by molar-refractivity contribution is 0.103. The van der Waals surface area contributed by atoms with Gasteiger partial charge in [-0.15, -0.1) is 21.5 Å². The van der Waals surface area contributed by atoms with Crippen molar-refractivity contribution < 1.29 is 9.53 Å². The number of anilines is 1. The van der Waals surface area contributed by atoms with E-state index in [0.717, 1.165) is 28.8 Å². The Morgan fingerprint density at radius 1 is 1.10 bits per heavy atom. The molecule has 3 heterocycles. The third-order valence-electron chi connectivity index (χ3n) is 4.98. The third kappa shape index (κ3) is 3.51. The van der Waals surface area contributed by atoms with Crippen molar-refractivity contribution in [3.8, 4) is 11.6 Å². The number of nitrogens with zero attached hydrogens (tertiary/aromatic N) is 4. The van der Waals surface area contributed by atoms with Crippen LogP contribution in [0.25, 0.3) is 16.7 Å². The second-order valence-electron chi connectivity index (χ2n) is 7.05. The number of aromatic nitrogens is 4. The van der Waals surface area contributed by atoms with Crippen molar-refractivity contribution in [2.24, 2.45) is 0 Å². The largest absolute Gasteiger partial charge is 0.436 e. The molecule has 2 aromatic carbocycles. The zero-order valence-electron chi connectivity index (χ0n) is 17.0. The average Bonchev–Trinajstić information content (AvgIpc) is 3.41. The quantitative estimate of drug-likeness (QED) is 0.412. The van der Waals surface area contributed by atoms with Gasteiger partial charge in [-0.05, 0) is 60.3 Å². The maximum atomic E-state index is 12.4. The number of carbonyl (C=O) groups excluding carboxylic acids is 1. The van der Waals surface area contributed by atoms with Gasteiger partial charge in [0.1, 0.15) is 11.6 Å². The smallest absolute Gasteiger partial charge is 0.266 e. The first-order chi connectivity index (χ1) is 15.1. The van der Waals surface area contributed by atoms with E-state index >= 15 is 0 Å². The summed E-state index contributed by atoms with van der Waals surface area (Å²) in [5.74, 6) is 1.71. The van der Waals surface area contributed by atoms with Gasteiger partial charge >= 0.3 is 0 Å². The van der Waals surface area contributed by atoms with E-state index in [1.54, 1.807) is 24.3 Å². The summed E-state index contributed by atoms with van der Waals surface area (Å²) in [7, 11) is 0. The predicted molar refractivity (Wildman–Crippen MR) is 121 cm³/mol. The maximum absolute atomic E-state index is 12.4. The van der Waals surface area contributed by atoms with Gasteiger partial charge in [-0.2, -0.15) is 0 Å². The lowest BCUT2D eigenvalue weighted by Gasteiger charge is -2.10. The highest BCUT2D eigenvalue weighted by Crippen LogP contribution is 2.28. The monoisotopic (exact) mass is 429 g/mol. The molecule has 0 spiro atoms. The molecule has 0 unspecified atom stereocenters. The molecule has 7 nitrogen and oxygen atoms in total. The topological polar surface area (TPSA) is 81.4 Å². The molecule has 0 aliphatic rings.